The van der Waals surface area contributed by atoms with Gasteiger partial charge in [-0.25, -0.2) is 0 Å². The Hall–Kier alpha value is -1.76. The lowest BCUT2D eigenvalue weighted by atomic mass is 10.1. The van der Waals surface area contributed by atoms with Gasteiger partial charge in [-0.05, 0) is 30.5 Å². The molecule has 0 radical (unpaired) electrons. The lowest BCUT2D eigenvalue weighted by Crippen LogP contribution is -2.33. The zero-order chi connectivity index (χ0) is 17.2. The Bertz CT molecular complexity index is 717. The van der Waals surface area contributed by atoms with Gasteiger partial charge in [-0.3, -0.25) is 14.7 Å². The van der Waals surface area contributed by atoms with Crippen molar-refractivity contribution in [3.05, 3.63) is 52.0 Å². The van der Waals surface area contributed by atoms with Crippen molar-refractivity contribution in [1.82, 2.24) is 14.8 Å². The standard InChI is InChI=1S/C19H23N3O2S/c1-14-4-5-15(9-20-14)19(23)22-11-16-10-21(6-7-24-18(16)13-22)12-17-3-2-8-25-17/h2-5,8-9,16,18H,6-7,10-13H2,1H3/t16-,18+/m0/s1. The van der Waals surface area contributed by atoms with Crippen molar-refractivity contribution in [1.29, 1.82) is 0 Å². The second-order valence-corrected chi connectivity index (χ2v) is 7.91. The van der Waals surface area contributed by atoms with E-state index >= 15 is 0 Å². The average Bonchev–Trinajstić information content (AvgIpc) is 3.22. The van der Waals surface area contributed by atoms with Crippen molar-refractivity contribution >= 4 is 17.2 Å². The van der Waals surface area contributed by atoms with Gasteiger partial charge in [0.2, 0.25) is 0 Å². The van der Waals surface area contributed by atoms with Gasteiger partial charge in [0.1, 0.15) is 0 Å². The van der Waals surface area contributed by atoms with E-state index in [1.807, 2.05) is 24.0 Å². The number of hydrogen-bond donors (Lipinski definition) is 0. The normalized spacial score (nSPS) is 24.1. The Kier molecular flexibility index (Phi) is 4.83. The maximum absolute atomic E-state index is 12.7. The number of fused-ring (bicyclic) bond motifs is 1. The topological polar surface area (TPSA) is 45.7 Å². The molecule has 2 atom stereocenters. The molecule has 1 amide bonds. The number of nitrogens with zero attached hydrogens (tertiary/aromatic N) is 3. The van der Waals surface area contributed by atoms with E-state index in [0.717, 1.165) is 38.5 Å². The van der Waals surface area contributed by atoms with Crippen molar-refractivity contribution in [3.63, 3.8) is 0 Å². The number of pyridine rings is 1. The van der Waals surface area contributed by atoms with Crippen LogP contribution >= 0.6 is 11.3 Å². The maximum Gasteiger partial charge on any atom is 0.255 e. The zero-order valence-corrected chi connectivity index (χ0v) is 15.2. The monoisotopic (exact) mass is 357 g/mol. The summed E-state index contributed by atoms with van der Waals surface area (Å²) in [5, 5.41) is 2.12. The number of aryl methyl sites for hydroxylation is 1. The van der Waals surface area contributed by atoms with Crippen molar-refractivity contribution in [2.24, 2.45) is 5.92 Å². The molecule has 0 saturated carbocycles. The highest BCUT2D eigenvalue weighted by molar-refractivity contribution is 7.09. The molecule has 6 heteroatoms. The average molecular weight is 357 g/mol. The highest BCUT2D eigenvalue weighted by atomic mass is 32.1. The number of thiophene rings is 1. The van der Waals surface area contributed by atoms with Crippen molar-refractivity contribution in [2.75, 3.05) is 32.8 Å². The molecule has 4 heterocycles. The predicted octanol–water partition coefficient (Wildman–Crippen LogP) is 2.42. The highest BCUT2D eigenvalue weighted by Crippen LogP contribution is 2.26. The second-order valence-electron chi connectivity index (χ2n) is 6.88. The molecule has 2 aromatic rings. The van der Waals surface area contributed by atoms with Gasteiger partial charge in [0, 0.05) is 55.4 Å². The first-order chi connectivity index (χ1) is 12.2. The third-order valence-electron chi connectivity index (χ3n) is 5.02. The van der Waals surface area contributed by atoms with Gasteiger partial charge in [-0.1, -0.05) is 6.07 Å². The van der Waals surface area contributed by atoms with Crippen LogP contribution in [-0.2, 0) is 11.3 Å². The Morgan fingerprint density at radius 1 is 1.32 bits per heavy atom. The third kappa shape index (κ3) is 3.76. The summed E-state index contributed by atoms with van der Waals surface area (Å²) < 4.78 is 6.06. The van der Waals surface area contributed by atoms with Gasteiger partial charge in [0.05, 0.1) is 18.3 Å². The summed E-state index contributed by atoms with van der Waals surface area (Å²) >= 11 is 1.80. The quantitative estimate of drug-likeness (QED) is 0.846. The number of amides is 1. The Morgan fingerprint density at radius 3 is 3.00 bits per heavy atom. The van der Waals surface area contributed by atoms with Crippen LogP contribution in [0.2, 0.25) is 0 Å². The molecule has 2 aliphatic heterocycles. The van der Waals surface area contributed by atoms with Crippen LogP contribution in [0.25, 0.3) is 0 Å². The molecule has 2 fully saturated rings. The van der Waals surface area contributed by atoms with Gasteiger partial charge in [0.15, 0.2) is 0 Å². The van der Waals surface area contributed by atoms with E-state index in [4.69, 9.17) is 4.74 Å². The summed E-state index contributed by atoms with van der Waals surface area (Å²) in [7, 11) is 0. The highest BCUT2D eigenvalue weighted by Gasteiger charge is 2.38. The summed E-state index contributed by atoms with van der Waals surface area (Å²) in [5.74, 6) is 0.443. The molecule has 5 nitrogen and oxygen atoms in total. The molecule has 25 heavy (non-hydrogen) atoms. The maximum atomic E-state index is 12.7. The van der Waals surface area contributed by atoms with Gasteiger partial charge in [0.25, 0.3) is 5.91 Å². The molecule has 2 aliphatic rings. The first-order valence-electron chi connectivity index (χ1n) is 8.77. The minimum absolute atomic E-state index is 0.0639. The molecule has 0 bridgehead atoms. The number of hydrogen-bond acceptors (Lipinski definition) is 5. The van der Waals surface area contributed by atoms with Crippen LogP contribution in [0.15, 0.2) is 35.8 Å². The fourth-order valence-electron chi connectivity index (χ4n) is 3.67. The molecule has 132 valence electrons. The molecular weight excluding hydrogens is 334 g/mol. The van der Waals surface area contributed by atoms with Crippen LogP contribution in [0.3, 0.4) is 0 Å². The summed E-state index contributed by atoms with van der Waals surface area (Å²) in [6, 6.07) is 8.04. The summed E-state index contributed by atoms with van der Waals surface area (Å²) in [6.07, 6.45) is 1.83. The van der Waals surface area contributed by atoms with E-state index in [1.54, 1.807) is 17.5 Å². The molecule has 0 N–H and O–H groups in total. The van der Waals surface area contributed by atoms with Gasteiger partial charge in [-0.2, -0.15) is 0 Å². The first kappa shape index (κ1) is 16.7. The number of carbonyl (C=O) groups is 1. The SMILES string of the molecule is Cc1ccc(C(=O)N2C[C@@H]3CN(Cc4cccs4)CCO[C@@H]3C2)cn1. The van der Waals surface area contributed by atoms with Crippen LogP contribution < -0.4 is 0 Å². The number of rotatable bonds is 3. The summed E-state index contributed by atoms with van der Waals surface area (Å²) in [5.41, 5.74) is 1.59. The Balaban J connectivity index is 1.41. The van der Waals surface area contributed by atoms with E-state index in [0.29, 0.717) is 18.0 Å². The Morgan fingerprint density at radius 2 is 2.24 bits per heavy atom. The van der Waals surface area contributed by atoms with Gasteiger partial charge < -0.3 is 9.64 Å². The van der Waals surface area contributed by atoms with E-state index in [-0.39, 0.29) is 12.0 Å². The molecule has 0 unspecified atom stereocenters. The minimum atomic E-state index is 0.0639. The molecule has 2 saturated heterocycles. The molecule has 0 aromatic carbocycles. The summed E-state index contributed by atoms with van der Waals surface area (Å²) in [6.45, 7) is 7.03. The van der Waals surface area contributed by atoms with E-state index < -0.39 is 0 Å². The largest absolute Gasteiger partial charge is 0.375 e. The summed E-state index contributed by atoms with van der Waals surface area (Å²) in [4.78, 5) is 22.8. The fourth-order valence-corrected chi connectivity index (χ4v) is 4.42. The number of ether oxygens (including phenoxy) is 1. The number of aromatic nitrogens is 1. The van der Waals surface area contributed by atoms with Crippen LogP contribution in [-0.4, -0.2) is 59.6 Å². The fraction of sp³-hybridized carbons (Fsp3) is 0.474. The van der Waals surface area contributed by atoms with Crippen LogP contribution in [0, 0.1) is 12.8 Å². The smallest absolute Gasteiger partial charge is 0.255 e. The van der Waals surface area contributed by atoms with E-state index in [2.05, 4.69) is 27.4 Å². The van der Waals surface area contributed by atoms with E-state index in [9.17, 15) is 4.79 Å². The molecule has 4 rings (SSSR count). The zero-order valence-electron chi connectivity index (χ0n) is 14.4. The molecule has 2 aromatic heterocycles. The van der Waals surface area contributed by atoms with Crippen LogP contribution in [0.1, 0.15) is 20.9 Å². The van der Waals surface area contributed by atoms with Crippen molar-refractivity contribution in [2.45, 2.75) is 19.6 Å². The van der Waals surface area contributed by atoms with Crippen molar-refractivity contribution in [3.8, 4) is 0 Å². The first-order valence-corrected chi connectivity index (χ1v) is 9.65. The number of likely N-dealkylation sites (tertiary alicyclic amines) is 1. The lowest BCUT2D eigenvalue weighted by Gasteiger charge is -2.22. The third-order valence-corrected chi connectivity index (χ3v) is 5.88. The molecular formula is C19H23N3O2S. The van der Waals surface area contributed by atoms with Gasteiger partial charge in [-0.15, -0.1) is 11.3 Å². The minimum Gasteiger partial charge on any atom is -0.375 e. The van der Waals surface area contributed by atoms with E-state index in [1.165, 1.54) is 4.88 Å². The number of carbonyl (C=O) groups excluding carboxylic acids is 1. The van der Waals surface area contributed by atoms with Gasteiger partial charge >= 0.3 is 0 Å². The molecule has 0 aliphatic carbocycles. The second kappa shape index (κ2) is 7.23. The molecule has 0 spiro atoms. The van der Waals surface area contributed by atoms with Crippen LogP contribution in [0.4, 0.5) is 0 Å². The Labute approximate surface area is 152 Å². The lowest BCUT2D eigenvalue weighted by molar-refractivity contribution is 0.0483. The van der Waals surface area contributed by atoms with Crippen molar-refractivity contribution < 1.29 is 9.53 Å². The predicted molar refractivity (Wildman–Crippen MR) is 97.7 cm³/mol. The van der Waals surface area contributed by atoms with Crippen LogP contribution in [0.5, 0.6) is 0 Å².